The van der Waals surface area contributed by atoms with E-state index < -0.39 is 0 Å². The molecule has 1 fully saturated rings. The van der Waals surface area contributed by atoms with E-state index in [0.29, 0.717) is 12.2 Å². The molecule has 0 saturated heterocycles. The van der Waals surface area contributed by atoms with E-state index >= 15 is 0 Å². The fourth-order valence-electron chi connectivity index (χ4n) is 3.12. The largest absolute Gasteiger partial charge is 0.216 e. The number of hydrogen-bond acceptors (Lipinski definition) is 1. The van der Waals surface area contributed by atoms with E-state index in [9.17, 15) is 4.39 Å². The Bertz CT molecular complexity index is 461. The Labute approximate surface area is 121 Å². The quantitative estimate of drug-likeness (QED) is 0.724. The van der Waals surface area contributed by atoms with Gasteiger partial charge >= 0.3 is 0 Å². The summed E-state index contributed by atoms with van der Waals surface area (Å²) >= 11 is 0. The zero-order valence-corrected chi connectivity index (χ0v) is 11.9. The Morgan fingerprint density at radius 1 is 1.10 bits per heavy atom. The van der Waals surface area contributed by atoms with Gasteiger partial charge in [0, 0.05) is 0 Å². The van der Waals surface area contributed by atoms with Gasteiger partial charge in [-0.3, -0.25) is 0 Å². The van der Waals surface area contributed by atoms with Crippen LogP contribution in [0.4, 0.5) is 4.39 Å². The van der Waals surface area contributed by atoms with Gasteiger partial charge in [-0.2, -0.15) is 5.26 Å². The molecule has 0 spiro atoms. The van der Waals surface area contributed by atoms with Gasteiger partial charge in [-0.25, -0.2) is 4.39 Å². The first-order chi connectivity index (χ1) is 9.81. The molecule has 2 heteroatoms. The molecule has 0 N–H and O–H groups in total. The van der Waals surface area contributed by atoms with Crippen LogP contribution in [0.5, 0.6) is 0 Å². The van der Waals surface area contributed by atoms with Crippen LogP contribution in [0.2, 0.25) is 0 Å². The van der Waals surface area contributed by atoms with Crippen LogP contribution in [0.3, 0.4) is 0 Å². The Balaban J connectivity index is 1.71. The summed E-state index contributed by atoms with van der Waals surface area (Å²) in [4.78, 5) is 0. The van der Waals surface area contributed by atoms with E-state index in [1.165, 1.54) is 37.7 Å². The van der Waals surface area contributed by atoms with E-state index in [1.807, 2.05) is 12.1 Å². The summed E-state index contributed by atoms with van der Waals surface area (Å²) in [5.74, 6) is 1.50. The summed E-state index contributed by atoms with van der Waals surface area (Å²) in [5.41, 5.74) is 2.06. The molecule has 20 heavy (non-hydrogen) atoms. The summed E-state index contributed by atoms with van der Waals surface area (Å²) in [7, 11) is 0. The predicted molar refractivity (Wildman–Crippen MR) is 79.8 cm³/mol. The van der Waals surface area contributed by atoms with Crippen molar-refractivity contribution in [2.24, 2.45) is 11.8 Å². The second kappa shape index (κ2) is 7.85. The number of rotatable bonds is 5. The van der Waals surface area contributed by atoms with Crippen molar-refractivity contribution in [2.45, 2.75) is 44.9 Å². The predicted octanol–water partition coefficient (Wildman–Crippen LogP) is 5.17. The van der Waals surface area contributed by atoms with Crippen LogP contribution < -0.4 is 0 Å². The Kier molecular flexibility index (Phi) is 5.80. The average molecular weight is 271 g/mol. The van der Waals surface area contributed by atoms with Crippen molar-refractivity contribution < 1.29 is 4.39 Å². The lowest BCUT2D eigenvalue weighted by atomic mass is 9.78. The monoisotopic (exact) mass is 271 g/mol. The number of nitrogens with zero attached hydrogens (tertiary/aromatic N) is 1. The van der Waals surface area contributed by atoms with Gasteiger partial charge < -0.3 is 0 Å². The molecule has 1 aromatic rings. The van der Waals surface area contributed by atoms with Crippen LogP contribution in [0, 0.1) is 23.2 Å². The van der Waals surface area contributed by atoms with Crippen LogP contribution in [-0.2, 0) is 6.42 Å². The maximum absolute atomic E-state index is 12.0. The molecule has 0 aliphatic heterocycles. The van der Waals surface area contributed by atoms with Gasteiger partial charge in [0.05, 0.1) is 18.0 Å². The van der Waals surface area contributed by atoms with E-state index in [1.54, 1.807) is 6.08 Å². The molecule has 1 aliphatic rings. The second-order valence-corrected chi connectivity index (χ2v) is 5.83. The van der Waals surface area contributed by atoms with Crippen LogP contribution in [0.1, 0.15) is 49.7 Å². The zero-order chi connectivity index (χ0) is 14.2. The standard InChI is InChI=1S/C18H22FN/c19-13-1-2-15-3-5-16(6-4-15)7-8-17-9-11-18(14-20)12-10-17/h1,9-13,15-16H,2-8H2. The van der Waals surface area contributed by atoms with Crippen LogP contribution >= 0.6 is 0 Å². The third kappa shape index (κ3) is 4.49. The fourth-order valence-corrected chi connectivity index (χ4v) is 3.12. The highest BCUT2D eigenvalue weighted by molar-refractivity contribution is 5.31. The molecule has 1 nitrogen and oxygen atoms in total. The van der Waals surface area contributed by atoms with Gasteiger partial charge in [-0.05, 0) is 61.6 Å². The van der Waals surface area contributed by atoms with Crippen molar-refractivity contribution in [1.82, 2.24) is 0 Å². The van der Waals surface area contributed by atoms with Crippen molar-refractivity contribution in [1.29, 1.82) is 5.26 Å². The Morgan fingerprint density at radius 3 is 2.35 bits per heavy atom. The van der Waals surface area contributed by atoms with Crippen molar-refractivity contribution in [3.8, 4) is 6.07 Å². The highest BCUT2D eigenvalue weighted by atomic mass is 19.1. The zero-order valence-electron chi connectivity index (χ0n) is 11.9. The highest BCUT2D eigenvalue weighted by Gasteiger charge is 2.20. The third-order valence-corrected chi connectivity index (χ3v) is 4.45. The van der Waals surface area contributed by atoms with Crippen molar-refractivity contribution in [2.75, 3.05) is 0 Å². The molecule has 0 heterocycles. The summed E-state index contributed by atoms with van der Waals surface area (Å²) in [6, 6.07) is 10.1. The van der Waals surface area contributed by atoms with Gasteiger partial charge in [0.1, 0.15) is 0 Å². The molecule has 0 bridgehead atoms. The summed E-state index contributed by atoms with van der Waals surface area (Å²) < 4.78 is 12.0. The second-order valence-electron chi connectivity index (χ2n) is 5.83. The summed E-state index contributed by atoms with van der Waals surface area (Å²) in [6.07, 6.45) is 10.6. The number of allylic oxidation sites excluding steroid dienone is 1. The smallest absolute Gasteiger partial charge is 0.0991 e. The summed E-state index contributed by atoms with van der Waals surface area (Å²) in [5, 5.41) is 8.77. The van der Waals surface area contributed by atoms with Crippen molar-refractivity contribution in [3.05, 3.63) is 47.8 Å². The first-order valence-corrected chi connectivity index (χ1v) is 7.56. The molecular formula is C18H22FN. The minimum absolute atomic E-state index is 0.678. The van der Waals surface area contributed by atoms with Gasteiger partial charge in [-0.1, -0.05) is 31.1 Å². The lowest BCUT2D eigenvalue weighted by Gasteiger charge is -2.27. The number of nitriles is 1. The maximum Gasteiger partial charge on any atom is 0.0991 e. The highest BCUT2D eigenvalue weighted by Crippen LogP contribution is 2.33. The number of halogens is 1. The minimum atomic E-state index is 0.678. The van der Waals surface area contributed by atoms with Crippen LogP contribution in [0.15, 0.2) is 36.7 Å². The molecule has 1 aliphatic carbocycles. The number of benzene rings is 1. The molecule has 1 saturated carbocycles. The van der Waals surface area contributed by atoms with Crippen LogP contribution in [-0.4, -0.2) is 0 Å². The third-order valence-electron chi connectivity index (χ3n) is 4.45. The SMILES string of the molecule is N#Cc1ccc(CCC2CCC(CC=CF)CC2)cc1. The van der Waals surface area contributed by atoms with Gasteiger partial charge in [0.25, 0.3) is 0 Å². The van der Waals surface area contributed by atoms with E-state index in [-0.39, 0.29) is 0 Å². The summed E-state index contributed by atoms with van der Waals surface area (Å²) in [6.45, 7) is 0. The molecule has 0 amide bonds. The van der Waals surface area contributed by atoms with Crippen molar-refractivity contribution in [3.63, 3.8) is 0 Å². The molecule has 106 valence electrons. The first kappa shape index (κ1) is 14.8. The van der Waals surface area contributed by atoms with E-state index in [2.05, 4.69) is 18.2 Å². The first-order valence-electron chi connectivity index (χ1n) is 7.56. The molecule has 0 radical (unpaired) electrons. The van der Waals surface area contributed by atoms with Gasteiger partial charge in [0.2, 0.25) is 0 Å². The topological polar surface area (TPSA) is 23.8 Å². The van der Waals surface area contributed by atoms with Gasteiger partial charge in [-0.15, -0.1) is 0 Å². The molecule has 2 rings (SSSR count). The molecule has 0 aromatic heterocycles. The van der Waals surface area contributed by atoms with Crippen LogP contribution in [0.25, 0.3) is 0 Å². The molecule has 0 atom stereocenters. The van der Waals surface area contributed by atoms with E-state index in [0.717, 1.165) is 24.3 Å². The molecular weight excluding hydrogens is 249 g/mol. The minimum Gasteiger partial charge on any atom is -0.216 e. The maximum atomic E-state index is 12.0. The molecule has 1 aromatic carbocycles. The van der Waals surface area contributed by atoms with Crippen molar-refractivity contribution >= 4 is 0 Å². The lowest BCUT2D eigenvalue weighted by Crippen LogP contribution is -2.14. The molecule has 0 unspecified atom stereocenters. The Hall–Kier alpha value is -1.62. The normalized spacial score (nSPS) is 22.8. The lowest BCUT2D eigenvalue weighted by molar-refractivity contribution is 0.264. The Morgan fingerprint density at radius 2 is 1.75 bits per heavy atom. The van der Waals surface area contributed by atoms with E-state index in [4.69, 9.17) is 5.26 Å². The fraction of sp³-hybridized carbons (Fsp3) is 0.500. The van der Waals surface area contributed by atoms with Gasteiger partial charge in [0.15, 0.2) is 0 Å². The number of aryl methyl sites for hydroxylation is 1. The number of hydrogen-bond donors (Lipinski definition) is 0. The average Bonchev–Trinajstić information content (AvgIpc) is 2.52.